The highest BCUT2D eigenvalue weighted by molar-refractivity contribution is 5.26. The highest BCUT2D eigenvalue weighted by Gasteiger charge is 2.44. The molecule has 0 radical (unpaired) electrons. The van der Waals surface area contributed by atoms with Gasteiger partial charge in [-0.25, -0.2) is 0 Å². The van der Waals surface area contributed by atoms with Gasteiger partial charge in [0.25, 0.3) is 0 Å². The third kappa shape index (κ3) is 2.12. The van der Waals surface area contributed by atoms with Gasteiger partial charge in [0.05, 0.1) is 43.5 Å². The molecule has 2 aliphatic rings. The third-order valence-corrected chi connectivity index (χ3v) is 4.09. The Morgan fingerprint density at radius 3 is 2.95 bits per heavy atom. The molecule has 0 spiro atoms. The normalized spacial score (nSPS) is 21.3. The fraction of sp³-hybridized carbons (Fsp3) is 0.571. The van der Waals surface area contributed by atoms with Crippen LogP contribution >= 0.6 is 0 Å². The van der Waals surface area contributed by atoms with Crippen molar-refractivity contribution in [1.82, 2.24) is 9.88 Å². The lowest BCUT2D eigenvalue weighted by Crippen LogP contribution is -2.62. The first kappa shape index (κ1) is 12.5. The standard InChI is InChI=1S/C14H17N3O2/c15-5-4-14(9-19-10-14)17-6-3-13-11(7-17)1-2-12(8-18)16-13/h1-2,18H,3-4,6-10H2. The van der Waals surface area contributed by atoms with Gasteiger partial charge in [0.15, 0.2) is 0 Å². The molecule has 5 nitrogen and oxygen atoms in total. The zero-order valence-corrected chi connectivity index (χ0v) is 10.8. The summed E-state index contributed by atoms with van der Waals surface area (Å²) in [6, 6.07) is 6.19. The molecular formula is C14H17N3O2. The Balaban J connectivity index is 1.80. The van der Waals surface area contributed by atoms with Crippen LogP contribution < -0.4 is 0 Å². The molecule has 1 fully saturated rings. The van der Waals surface area contributed by atoms with E-state index >= 15 is 0 Å². The van der Waals surface area contributed by atoms with Crippen LogP contribution in [-0.4, -0.2) is 40.3 Å². The zero-order valence-electron chi connectivity index (χ0n) is 10.8. The van der Waals surface area contributed by atoms with Crippen molar-refractivity contribution >= 4 is 0 Å². The molecule has 3 rings (SSSR count). The molecule has 1 saturated heterocycles. The molecular weight excluding hydrogens is 242 g/mol. The number of aliphatic hydroxyl groups is 1. The van der Waals surface area contributed by atoms with Crippen molar-refractivity contribution in [3.8, 4) is 6.07 Å². The van der Waals surface area contributed by atoms with Gasteiger partial charge >= 0.3 is 0 Å². The molecule has 2 aliphatic heterocycles. The summed E-state index contributed by atoms with van der Waals surface area (Å²) in [5.74, 6) is 0. The van der Waals surface area contributed by atoms with E-state index < -0.39 is 0 Å². The van der Waals surface area contributed by atoms with Crippen molar-refractivity contribution in [1.29, 1.82) is 5.26 Å². The highest BCUT2D eigenvalue weighted by atomic mass is 16.5. The summed E-state index contributed by atoms with van der Waals surface area (Å²) in [5, 5.41) is 18.1. The lowest BCUT2D eigenvalue weighted by molar-refractivity contribution is -0.143. The topological polar surface area (TPSA) is 69.4 Å². The largest absolute Gasteiger partial charge is 0.390 e. The van der Waals surface area contributed by atoms with Gasteiger partial charge in [-0.1, -0.05) is 6.07 Å². The Kier molecular flexibility index (Phi) is 3.23. The van der Waals surface area contributed by atoms with Crippen LogP contribution in [-0.2, 0) is 24.3 Å². The Morgan fingerprint density at radius 2 is 2.32 bits per heavy atom. The van der Waals surface area contributed by atoms with Crippen molar-refractivity contribution in [2.24, 2.45) is 0 Å². The third-order valence-electron chi connectivity index (χ3n) is 4.09. The van der Waals surface area contributed by atoms with E-state index in [1.807, 2.05) is 12.1 Å². The van der Waals surface area contributed by atoms with Gasteiger partial charge in [-0.15, -0.1) is 0 Å². The summed E-state index contributed by atoms with van der Waals surface area (Å²) in [6.07, 6.45) is 1.39. The maximum absolute atomic E-state index is 9.11. The first-order valence-electron chi connectivity index (χ1n) is 6.56. The van der Waals surface area contributed by atoms with Crippen LogP contribution in [0.15, 0.2) is 12.1 Å². The number of aromatic nitrogens is 1. The minimum absolute atomic E-state index is 0.0107. The molecule has 0 bridgehead atoms. The fourth-order valence-electron chi connectivity index (χ4n) is 2.84. The van der Waals surface area contributed by atoms with E-state index in [9.17, 15) is 0 Å². The molecule has 0 aliphatic carbocycles. The Morgan fingerprint density at radius 1 is 1.47 bits per heavy atom. The van der Waals surface area contributed by atoms with Crippen molar-refractivity contribution in [3.05, 3.63) is 29.1 Å². The van der Waals surface area contributed by atoms with Gasteiger partial charge in [0.2, 0.25) is 0 Å². The molecule has 0 unspecified atom stereocenters. The molecule has 100 valence electrons. The lowest BCUT2D eigenvalue weighted by atomic mass is 9.88. The highest BCUT2D eigenvalue weighted by Crippen LogP contribution is 2.32. The summed E-state index contributed by atoms with van der Waals surface area (Å²) >= 11 is 0. The van der Waals surface area contributed by atoms with E-state index in [4.69, 9.17) is 15.1 Å². The smallest absolute Gasteiger partial charge is 0.0853 e. The molecule has 0 atom stereocenters. The number of ether oxygens (including phenoxy) is 1. The molecule has 3 heterocycles. The minimum Gasteiger partial charge on any atom is -0.390 e. The number of nitriles is 1. The average molecular weight is 259 g/mol. The Labute approximate surface area is 112 Å². The van der Waals surface area contributed by atoms with Gasteiger partial charge in [-0.05, 0) is 11.6 Å². The predicted octanol–water partition coefficient (Wildman–Crippen LogP) is 0.615. The number of hydrogen-bond acceptors (Lipinski definition) is 5. The predicted molar refractivity (Wildman–Crippen MR) is 68.1 cm³/mol. The zero-order chi connectivity index (χ0) is 13.3. The molecule has 0 amide bonds. The van der Waals surface area contributed by atoms with Crippen LogP contribution in [0.5, 0.6) is 0 Å². The fourth-order valence-corrected chi connectivity index (χ4v) is 2.84. The van der Waals surface area contributed by atoms with Gasteiger partial charge in [0.1, 0.15) is 0 Å². The number of rotatable bonds is 3. The van der Waals surface area contributed by atoms with Crippen LogP contribution in [0.25, 0.3) is 0 Å². The van der Waals surface area contributed by atoms with Gasteiger partial charge < -0.3 is 9.84 Å². The second kappa shape index (κ2) is 4.89. The Hall–Kier alpha value is -1.48. The van der Waals surface area contributed by atoms with E-state index in [0.717, 1.165) is 30.9 Å². The number of nitrogens with zero attached hydrogens (tertiary/aromatic N) is 3. The number of fused-ring (bicyclic) bond motifs is 1. The quantitative estimate of drug-likeness (QED) is 0.861. The number of aliphatic hydroxyl groups excluding tert-OH is 1. The molecule has 1 aromatic rings. The number of pyridine rings is 1. The molecule has 19 heavy (non-hydrogen) atoms. The van der Waals surface area contributed by atoms with E-state index in [0.29, 0.717) is 19.6 Å². The van der Waals surface area contributed by atoms with Crippen LogP contribution in [0.2, 0.25) is 0 Å². The summed E-state index contributed by atoms with van der Waals surface area (Å²) in [6.45, 7) is 3.01. The molecule has 1 aromatic heterocycles. The molecule has 1 N–H and O–H groups in total. The maximum Gasteiger partial charge on any atom is 0.0853 e. The number of hydrogen-bond donors (Lipinski definition) is 1. The minimum atomic E-state index is -0.0951. The van der Waals surface area contributed by atoms with Crippen molar-refractivity contribution in [3.63, 3.8) is 0 Å². The van der Waals surface area contributed by atoms with Crippen molar-refractivity contribution in [2.75, 3.05) is 19.8 Å². The SMILES string of the molecule is N#CCC1(N2CCc3nc(CO)ccc3C2)COC1. The van der Waals surface area contributed by atoms with Crippen molar-refractivity contribution < 1.29 is 9.84 Å². The second-order valence-electron chi connectivity index (χ2n) is 5.29. The summed E-state index contributed by atoms with van der Waals surface area (Å²) in [5.41, 5.74) is 2.91. The van der Waals surface area contributed by atoms with Gasteiger partial charge in [0, 0.05) is 25.2 Å². The average Bonchev–Trinajstić information content (AvgIpc) is 2.41. The van der Waals surface area contributed by atoms with Crippen LogP contribution in [0.1, 0.15) is 23.4 Å². The molecule has 0 saturated carbocycles. The van der Waals surface area contributed by atoms with E-state index in [1.165, 1.54) is 5.56 Å². The van der Waals surface area contributed by atoms with Crippen LogP contribution in [0, 0.1) is 11.3 Å². The van der Waals surface area contributed by atoms with E-state index in [-0.39, 0.29) is 12.1 Å². The summed E-state index contributed by atoms with van der Waals surface area (Å²) in [4.78, 5) is 6.81. The lowest BCUT2D eigenvalue weighted by Gasteiger charge is -2.50. The Bertz CT molecular complexity index is 520. The monoisotopic (exact) mass is 259 g/mol. The first-order valence-corrected chi connectivity index (χ1v) is 6.56. The second-order valence-corrected chi connectivity index (χ2v) is 5.29. The van der Waals surface area contributed by atoms with Gasteiger partial charge in [-0.3, -0.25) is 9.88 Å². The summed E-state index contributed by atoms with van der Waals surface area (Å²) in [7, 11) is 0. The first-order chi connectivity index (χ1) is 9.27. The van der Waals surface area contributed by atoms with E-state index in [2.05, 4.69) is 16.0 Å². The summed E-state index contributed by atoms with van der Waals surface area (Å²) < 4.78 is 5.33. The van der Waals surface area contributed by atoms with Gasteiger partial charge in [-0.2, -0.15) is 5.26 Å². The molecule has 0 aromatic carbocycles. The maximum atomic E-state index is 9.11. The molecule has 5 heteroatoms. The van der Waals surface area contributed by atoms with Crippen molar-refractivity contribution in [2.45, 2.75) is 31.5 Å². The van der Waals surface area contributed by atoms with Crippen LogP contribution in [0.3, 0.4) is 0 Å². The van der Waals surface area contributed by atoms with E-state index in [1.54, 1.807) is 0 Å². The van der Waals surface area contributed by atoms with Crippen LogP contribution in [0.4, 0.5) is 0 Å².